The number of hydrogen-bond acceptors (Lipinski definition) is 6. The summed E-state index contributed by atoms with van der Waals surface area (Å²) >= 11 is 0. The number of rotatable bonds is 4. The fraction of sp³-hybridized carbons (Fsp3) is 0.385. The van der Waals surface area contributed by atoms with Crippen LogP contribution < -0.4 is 0 Å². The molecule has 2 rings (SSSR count). The third-order valence-corrected chi connectivity index (χ3v) is 2.28. The Morgan fingerprint density at radius 3 is 1.53 bits per heavy atom. The quantitative estimate of drug-likeness (QED) is 0.662. The predicted octanol–water partition coefficient (Wildman–Crippen LogP) is 1.09. The first-order valence-electron chi connectivity index (χ1n) is 5.77. The standard InChI is InChI=1S/C7H10O3.C6H8O3/c1-5(9)7-3-2-6(4-8)10-7;7-3-5-1-2-6(4-8)9-5/h2-3,5,8-9H,4H2,1H3;1-2,7-8H,3-4H2. The topological polar surface area (TPSA) is 107 Å². The Balaban J connectivity index is 0.000000191. The van der Waals surface area contributed by atoms with E-state index in [9.17, 15) is 0 Å². The summed E-state index contributed by atoms with van der Waals surface area (Å²) in [5.74, 6) is 1.94. The fourth-order valence-electron chi connectivity index (χ4n) is 1.30. The molecule has 19 heavy (non-hydrogen) atoms. The van der Waals surface area contributed by atoms with Gasteiger partial charge < -0.3 is 29.3 Å². The summed E-state index contributed by atoms with van der Waals surface area (Å²) in [5, 5.41) is 34.5. The van der Waals surface area contributed by atoms with Crippen molar-refractivity contribution in [2.75, 3.05) is 0 Å². The molecule has 0 aliphatic carbocycles. The summed E-state index contributed by atoms with van der Waals surface area (Å²) in [7, 11) is 0. The van der Waals surface area contributed by atoms with Crippen molar-refractivity contribution in [1.82, 2.24) is 0 Å². The second-order valence-electron chi connectivity index (χ2n) is 3.82. The molecule has 0 aliphatic rings. The van der Waals surface area contributed by atoms with E-state index >= 15 is 0 Å². The number of aliphatic hydroxyl groups excluding tert-OH is 4. The second-order valence-corrected chi connectivity index (χ2v) is 3.82. The van der Waals surface area contributed by atoms with Gasteiger partial charge in [0.05, 0.1) is 0 Å². The molecule has 0 spiro atoms. The van der Waals surface area contributed by atoms with Gasteiger partial charge in [-0.2, -0.15) is 0 Å². The molecule has 0 aliphatic heterocycles. The maximum absolute atomic E-state index is 8.96. The minimum atomic E-state index is -0.597. The Bertz CT molecular complexity index is 452. The van der Waals surface area contributed by atoms with Crippen LogP contribution in [0.4, 0.5) is 0 Å². The van der Waals surface area contributed by atoms with Gasteiger partial charge >= 0.3 is 0 Å². The average molecular weight is 270 g/mol. The maximum atomic E-state index is 8.96. The van der Waals surface area contributed by atoms with Crippen LogP contribution in [-0.4, -0.2) is 20.4 Å². The average Bonchev–Trinajstić information content (AvgIpc) is 3.08. The van der Waals surface area contributed by atoms with Gasteiger partial charge in [-0.3, -0.25) is 0 Å². The zero-order valence-corrected chi connectivity index (χ0v) is 10.6. The van der Waals surface area contributed by atoms with E-state index in [1.165, 1.54) is 0 Å². The summed E-state index contributed by atoms with van der Waals surface area (Å²) in [6.45, 7) is 1.27. The molecule has 1 atom stereocenters. The van der Waals surface area contributed by atoms with Crippen LogP contribution in [0.25, 0.3) is 0 Å². The zero-order chi connectivity index (χ0) is 14.3. The molecule has 1 unspecified atom stereocenters. The molecule has 0 saturated heterocycles. The van der Waals surface area contributed by atoms with Crippen molar-refractivity contribution in [3.05, 3.63) is 47.3 Å². The molecule has 4 N–H and O–H groups in total. The van der Waals surface area contributed by atoms with Crippen LogP contribution in [0.15, 0.2) is 33.1 Å². The van der Waals surface area contributed by atoms with Crippen molar-refractivity contribution in [3.63, 3.8) is 0 Å². The number of aliphatic hydroxyl groups is 4. The molecule has 0 fully saturated rings. The van der Waals surface area contributed by atoms with Gasteiger partial charge in [0.25, 0.3) is 0 Å². The van der Waals surface area contributed by atoms with Crippen molar-refractivity contribution < 1.29 is 29.3 Å². The molecule has 0 amide bonds. The predicted molar refractivity (Wildman–Crippen MR) is 65.8 cm³/mol. The summed E-state index contributed by atoms with van der Waals surface area (Å²) in [6.07, 6.45) is -0.597. The first kappa shape index (κ1) is 15.5. The molecule has 2 aromatic heterocycles. The molecule has 106 valence electrons. The van der Waals surface area contributed by atoms with Crippen LogP contribution in [0, 0.1) is 0 Å². The van der Waals surface area contributed by atoms with Gasteiger partial charge in [-0.1, -0.05) is 0 Å². The monoisotopic (exact) mass is 270 g/mol. The molecule has 6 heteroatoms. The van der Waals surface area contributed by atoms with Crippen LogP contribution in [0.3, 0.4) is 0 Å². The Morgan fingerprint density at radius 1 is 0.842 bits per heavy atom. The summed E-state index contributed by atoms with van der Waals surface area (Å²) in [5.41, 5.74) is 0. The van der Waals surface area contributed by atoms with Crippen molar-refractivity contribution in [2.45, 2.75) is 32.8 Å². The van der Waals surface area contributed by atoms with Gasteiger partial charge in [0.2, 0.25) is 0 Å². The van der Waals surface area contributed by atoms with Crippen molar-refractivity contribution in [1.29, 1.82) is 0 Å². The van der Waals surface area contributed by atoms with Gasteiger partial charge in [0, 0.05) is 0 Å². The van der Waals surface area contributed by atoms with Crippen molar-refractivity contribution >= 4 is 0 Å². The minimum absolute atomic E-state index is 0.111. The summed E-state index contributed by atoms with van der Waals surface area (Å²) in [6, 6.07) is 6.55. The Morgan fingerprint density at radius 2 is 1.26 bits per heavy atom. The van der Waals surface area contributed by atoms with Crippen molar-refractivity contribution in [3.8, 4) is 0 Å². The van der Waals surface area contributed by atoms with Crippen LogP contribution in [0.5, 0.6) is 0 Å². The largest absolute Gasteiger partial charge is 0.461 e. The van der Waals surface area contributed by atoms with E-state index in [-0.39, 0.29) is 19.8 Å². The highest BCUT2D eigenvalue weighted by Gasteiger charge is 2.05. The van der Waals surface area contributed by atoms with Crippen LogP contribution in [0.2, 0.25) is 0 Å². The molecule has 6 nitrogen and oxygen atoms in total. The van der Waals surface area contributed by atoms with E-state index in [0.717, 1.165) is 0 Å². The molecule has 0 aromatic carbocycles. The normalized spacial score (nSPS) is 11.8. The number of hydrogen-bond donors (Lipinski definition) is 4. The molecular formula is C13H18O6. The minimum Gasteiger partial charge on any atom is -0.461 e. The Kier molecular flexibility index (Phi) is 6.31. The molecule has 2 heterocycles. The first-order chi connectivity index (χ1) is 9.10. The highest BCUT2D eigenvalue weighted by atomic mass is 16.4. The lowest BCUT2D eigenvalue weighted by Crippen LogP contribution is -1.86. The van der Waals surface area contributed by atoms with E-state index in [2.05, 4.69) is 0 Å². The highest BCUT2D eigenvalue weighted by molar-refractivity contribution is 5.07. The van der Waals surface area contributed by atoms with Gasteiger partial charge in [0.15, 0.2) is 0 Å². The van der Waals surface area contributed by atoms with Crippen LogP contribution in [-0.2, 0) is 19.8 Å². The summed E-state index contributed by atoms with van der Waals surface area (Å²) < 4.78 is 9.88. The van der Waals surface area contributed by atoms with Crippen molar-refractivity contribution in [2.24, 2.45) is 0 Å². The van der Waals surface area contributed by atoms with E-state index in [1.807, 2.05) is 0 Å². The van der Waals surface area contributed by atoms with Crippen LogP contribution in [0.1, 0.15) is 36.1 Å². The van der Waals surface area contributed by atoms with Gasteiger partial charge in [-0.25, -0.2) is 0 Å². The SMILES string of the molecule is CC(O)c1ccc(CO)o1.OCc1ccc(CO)o1. The number of furan rings is 2. The lowest BCUT2D eigenvalue weighted by atomic mass is 10.3. The molecule has 0 bridgehead atoms. The van der Waals surface area contributed by atoms with Gasteiger partial charge in [-0.15, -0.1) is 0 Å². The smallest absolute Gasteiger partial charge is 0.132 e. The second kappa shape index (κ2) is 7.75. The maximum Gasteiger partial charge on any atom is 0.132 e. The molecule has 0 saturated carbocycles. The third kappa shape index (κ3) is 4.88. The molecule has 0 radical (unpaired) electrons. The molecule has 2 aromatic rings. The first-order valence-corrected chi connectivity index (χ1v) is 5.77. The Hall–Kier alpha value is -1.60. The highest BCUT2D eigenvalue weighted by Crippen LogP contribution is 2.15. The van der Waals surface area contributed by atoms with Crippen LogP contribution >= 0.6 is 0 Å². The lowest BCUT2D eigenvalue weighted by molar-refractivity contribution is 0.160. The van der Waals surface area contributed by atoms with E-state index in [4.69, 9.17) is 29.3 Å². The van der Waals surface area contributed by atoms with E-state index < -0.39 is 6.10 Å². The van der Waals surface area contributed by atoms with Gasteiger partial charge in [0.1, 0.15) is 49.0 Å². The molecular weight excluding hydrogens is 252 g/mol. The third-order valence-electron chi connectivity index (χ3n) is 2.28. The van der Waals surface area contributed by atoms with Gasteiger partial charge in [-0.05, 0) is 31.2 Å². The van der Waals surface area contributed by atoms with E-state index in [1.54, 1.807) is 31.2 Å². The fourth-order valence-corrected chi connectivity index (χ4v) is 1.30. The Labute approximate surface area is 110 Å². The zero-order valence-electron chi connectivity index (χ0n) is 10.6. The lowest BCUT2D eigenvalue weighted by Gasteiger charge is -1.96. The summed E-state index contributed by atoms with van der Waals surface area (Å²) in [4.78, 5) is 0. The van der Waals surface area contributed by atoms with E-state index in [0.29, 0.717) is 23.0 Å².